The Morgan fingerprint density at radius 2 is 1.88 bits per heavy atom. The number of amides is 2. The number of nitrogens with zero attached hydrogens (tertiary/aromatic N) is 3. The van der Waals surface area contributed by atoms with Gasteiger partial charge in [0.1, 0.15) is 12.4 Å². The van der Waals surface area contributed by atoms with Gasteiger partial charge in [0.15, 0.2) is 0 Å². The van der Waals surface area contributed by atoms with Crippen molar-refractivity contribution >= 4 is 17.5 Å². The van der Waals surface area contributed by atoms with E-state index in [2.05, 4.69) is 0 Å². The maximum Gasteiger partial charge on any atom is 0.254 e. The molecular formula is C19H16FN3O2. The number of carbonyl (C=O) groups is 2. The van der Waals surface area contributed by atoms with E-state index < -0.39 is 5.82 Å². The fourth-order valence-electron chi connectivity index (χ4n) is 2.74. The number of carbonyl (C=O) groups excluding carboxylic acids is 2. The van der Waals surface area contributed by atoms with Crippen molar-refractivity contribution in [3.8, 4) is 6.07 Å². The van der Waals surface area contributed by atoms with E-state index in [1.807, 2.05) is 6.07 Å². The Hall–Kier alpha value is -3.20. The third-order valence-electron chi connectivity index (χ3n) is 4.23. The van der Waals surface area contributed by atoms with Gasteiger partial charge in [0, 0.05) is 24.3 Å². The first-order valence-corrected chi connectivity index (χ1v) is 7.85. The standard InChI is InChI=1S/C19H16FN3O2/c1-13-2-5-15(10-17(13)20)19(25)22-8-9-23(18(24)12-22)16-6-3-14(11-21)4-7-16/h2-7,10H,8-9,12H2,1H3. The first-order chi connectivity index (χ1) is 12.0. The molecule has 1 aliphatic rings. The summed E-state index contributed by atoms with van der Waals surface area (Å²) in [5.41, 5.74) is 1.92. The van der Waals surface area contributed by atoms with Crippen molar-refractivity contribution < 1.29 is 14.0 Å². The Balaban J connectivity index is 1.72. The minimum absolute atomic E-state index is 0.0612. The van der Waals surface area contributed by atoms with Gasteiger partial charge in [-0.1, -0.05) is 6.07 Å². The fourth-order valence-corrected chi connectivity index (χ4v) is 2.74. The average molecular weight is 337 g/mol. The number of benzene rings is 2. The van der Waals surface area contributed by atoms with E-state index in [-0.39, 0.29) is 23.9 Å². The number of hydrogen-bond donors (Lipinski definition) is 0. The quantitative estimate of drug-likeness (QED) is 0.846. The molecule has 1 heterocycles. The predicted octanol–water partition coefficient (Wildman–Crippen LogP) is 2.49. The van der Waals surface area contributed by atoms with Gasteiger partial charge in [-0.3, -0.25) is 9.59 Å². The Morgan fingerprint density at radius 1 is 1.16 bits per heavy atom. The SMILES string of the molecule is Cc1ccc(C(=O)N2CCN(c3ccc(C#N)cc3)C(=O)C2)cc1F. The minimum atomic E-state index is -0.437. The number of aryl methyl sites for hydroxylation is 1. The van der Waals surface area contributed by atoms with Crippen LogP contribution in [-0.2, 0) is 4.79 Å². The van der Waals surface area contributed by atoms with Crippen molar-refractivity contribution in [3.05, 3.63) is 65.0 Å². The van der Waals surface area contributed by atoms with Crippen LogP contribution in [0.15, 0.2) is 42.5 Å². The monoisotopic (exact) mass is 337 g/mol. The molecule has 0 spiro atoms. The molecule has 5 nitrogen and oxygen atoms in total. The second kappa shape index (κ2) is 6.73. The Labute approximate surface area is 144 Å². The number of anilines is 1. The van der Waals surface area contributed by atoms with E-state index in [1.54, 1.807) is 48.2 Å². The Morgan fingerprint density at radius 3 is 2.48 bits per heavy atom. The van der Waals surface area contributed by atoms with Crippen LogP contribution < -0.4 is 4.90 Å². The largest absolute Gasteiger partial charge is 0.328 e. The molecule has 25 heavy (non-hydrogen) atoms. The zero-order chi connectivity index (χ0) is 18.0. The van der Waals surface area contributed by atoms with Crippen LogP contribution in [0.2, 0.25) is 0 Å². The van der Waals surface area contributed by atoms with Crippen LogP contribution in [0.25, 0.3) is 0 Å². The smallest absolute Gasteiger partial charge is 0.254 e. The van der Waals surface area contributed by atoms with Gasteiger partial charge in [-0.25, -0.2) is 4.39 Å². The molecule has 6 heteroatoms. The molecule has 0 saturated carbocycles. The lowest BCUT2D eigenvalue weighted by Crippen LogP contribution is -2.52. The molecule has 126 valence electrons. The third-order valence-corrected chi connectivity index (χ3v) is 4.23. The van der Waals surface area contributed by atoms with Crippen molar-refractivity contribution in [3.63, 3.8) is 0 Å². The molecule has 0 N–H and O–H groups in total. The minimum Gasteiger partial charge on any atom is -0.328 e. The zero-order valence-electron chi connectivity index (χ0n) is 13.7. The highest BCUT2D eigenvalue weighted by atomic mass is 19.1. The molecule has 2 amide bonds. The van der Waals surface area contributed by atoms with Crippen molar-refractivity contribution in [2.75, 3.05) is 24.5 Å². The van der Waals surface area contributed by atoms with Gasteiger partial charge in [0.2, 0.25) is 5.91 Å². The van der Waals surface area contributed by atoms with E-state index >= 15 is 0 Å². The van der Waals surface area contributed by atoms with Gasteiger partial charge < -0.3 is 9.80 Å². The summed E-state index contributed by atoms with van der Waals surface area (Å²) < 4.78 is 13.7. The summed E-state index contributed by atoms with van der Waals surface area (Å²) in [5.74, 6) is -1.00. The van der Waals surface area contributed by atoms with Crippen LogP contribution >= 0.6 is 0 Å². The van der Waals surface area contributed by atoms with Gasteiger partial charge >= 0.3 is 0 Å². The second-order valence-electron chi connectivity index (χ2n) is 5.89. The third kappa shape index (κ3) is 3.36. The highest BCUT2D eigenvalue weighted by molar-refractivity contribution is 6.01. The van der Waals surface area contributed by atoms with Crippen LogP contribution in [0, 0.1) is 24.1 Å². The first-order valence-electron chi connectivity index (χ1n) is 7.85. The summed E-state index contributed by atoms with van der Waals surface area (Å²) in [5, 5.41) is 8.83. The Kier molecular flexibility index (Phi) is 4.48. The van der Waals surface area contributed by atoms with Crippen molar-refractivity contribution in [2.45, 2.75) is 6.92 Å². The van der Waals surface area contributed by atoms with Gasteiger partial charge in [0.05, 0.1) is 11.6 Å². The van der Waals surface area contributed by atoms with E-state index in [0.29, 0.717) is 29.9 Å². The molecule has 3 rings (SSSR count). The lowest BCUT2D eigenvalue weighted by Gasteiger charge is -2.34. The molecule has 0 aromatic heterocycles. The number of piperazine rings is 1. The van der Waals surface area contributed by atoms with Crippen LogP contribution in [0.1, 0.15) is 21.5 Å². The summed E-state index contributed by atoms with van der Waals surface area (Å²) in [6, 6.07) is 13.1. The van der Waals surface area contributed by atoms with Crippen LogP contribution in [0.5, 0.6) is 0 Å². The highest BCUT2D eigenvalue weighted by Gasteiger charge is 2.28. The van der Waals surface area contributed by atoms with Crippen molar-refractivity contribution in [1.29, 1.82) is 5.26 Å². The van der Waals surface area contributed by atoms with Crippen LogP contribution in [0.3, 0.4) is 0 Å². The van der Waals surface area contributed by atoms with Crippen molar-refractivity contribution in [2.24, 2.45) is 0 Å². The van der Waals surface area contributed by atoms with Crippen LogP contribution in [-0.4, -0.2) is 36.3 Å². The molecular weight excluding hydrogens is 321 g/mol. The van der Waals surface area contributed by atoms with Gasteiger partial charge in [-0.05, 0) is 48.9 Å². The Bertz CT molecular complexity index is 871. The summed E-state index contributed by atoms with van der Waals surface area (Å²) >= 11 is 0. The number of halogens is 1. The predicted molar refractivity (Wildman–Crippen MR) is 90.6 cm³/mol. The van der Waals surface area contributed by atoms with Crippen LogP contribution in [0.4, 0.5) is 10.1 Å². The first kappa shape index (κ1) is 16.7. The second-order valence-corrected chi connectivity index (χ2v) is 5.89. The normalized spacial score (nSPS) is 14.4. The summed E-state index contributed by atoms with van der Waals surface area (Å²) in [7, 11) is 0. The van der Waals surface area contributed by atoms with Gasteiger partial charge in [-0.2, -0.15) is 5.26 Å². The lowest BCUT2D eigenvalue weighted by molar-refractivity contribution is -0.120. The maximum absolute atomic E-state index is 13.7. The van der Waals surface area contributed by atoms with Gasteiger partial charge in [-0.15, -0.1) is 0 Å². The zero-order valence-corrected chi connectivity index (χ0v) is 13.7. The molecule has 1 aliphatic heterocycles. The summed E-state index contributed by atoms with van der Waals surface area (Å²) in [4.78, 5) is 27.9. The topological polar surface area (TPSA) is 64.4 Å². The summed E-state index contributed by atoms with van der Waals surface area (Å²) in [6.07, 6.45) is 0. The number of hydrogen-bond acceptors (Lipinski definition) is 3. The van der Waals surface area contributed by atoms with Crippen molar-refractivity contribution in [1.82, 2.24) is 4.90 Å². The average Bonchev–Trinajstić information content (AvgIpc) is 2.63. The van der Waals surface area contributed by atoms with E-state index in [4.69, 9.17) is 5.26 Å². The van der Waals surface area contributed by atoms with E-state index in [1.165, 1.54) is 11.0 Å². The van der Waals surface area contributed by atoms with E-state index in [0.717, 1.165) is 0 Å². The van der Waals surface area contributed by atoms with Gasteiger partial charge in [0.25, 0.3) is 5.91 Å². The molecule has 2 aromatic rings. The van der Waals surface area contributed by atoms with E-state index in [9.17, 15) is 14.0 Å². The molecule has 0 bridgehead atoms. The molecule has 0 atom stereocenters. The molecule has 1 fully saturated rings. The molecule has 0 unspecified atom stereocenters. The highest BCUT2D eigenvalue weighted by Crippen LogP contribution is 2.19. The number of rotatable bonds is 2. The molecule has 0 radical (unpaired) electrons. The molecule has 2 aromatic carbocycles. The fraction of sp³-hybridized carbons (Fsp3) is 0.211. The maximum atomic E-state index is 13.7. The number of nitriles is 1. The molecule has 1 saturated heterocycles. The summed E-state index contributed by atoms with van der Waals surface area (Å²) in [6.45, 7) is 2.28. The lowest BCUT2D eigenvalue weighted by atomic mass is 10.1. The molecule has 0 aliphatic carbocycles.